The van der Waals surface area contributed by atoms with Crippen molar-refractivity contribution in [3.05, 3.63) is 69.8 Å². The van der Waals surface area contributed by atoms with Crippen molar-refractivity contribution in [1.29, 1.82) is 0 Å². The number of nitrogens with one attached hydrogen (secondary N) is 1. The monoisotopic (exact) mass is 381 g/mol. The van der Waals surface area contributed by atoms with Gasteiger partial charge in [-0.1, -0.05) is 32.0 Å². The van der Waals surface area contributed by atoms with Crippen LogP contribution in [0.2, 0.25) is 0 Å². The van der Waals surface area contributed by atoms with Gasteiger partial charge < -0.3 is 5.32 Å². The maximum Gasteiger partial charge on any atom is 0.271 e. The minimum absolute atomic E-state index is 0.0326. The number of nitro groups is 1. The molecule has 3 rings (SSSR count). The van der Waals surface area contributed by atoms with Gasteiger partial charge in [0, 0.05) is 17.8 Å². The molecule has 0 saturated heterocycles. The molecule has 0 fully saturated rings. The minimum atomic E-state index is -1.02. The summed E-state index contributed by atoms with van der Waals surface area (Å²) in [5, 5.41) is 13.5. The number of carbonyl (C=O) groups is 3. The van der Waals surface area contributed by atoms with Crippen LogP contribution in [0.25, 0.3) is 0 Å². The van der Waals surface area contributed by atoms with E-state index in [1.165, 1.54) is 24.3 Å². The summed E-state index contributed by atoms with van der Waals surface area (Å²) in [6, 6.07) is 10.9. The number of amides is 3. The molecule has 0 unspecified atom stereocenters. The molecule has 1 aliphatic heterocycles. The van der Waals surface area contributed by atoms with E-state index in [2.05, 4.69) is 5.32 Å². The van der Waals surface area contributed by atoms with E-state index < -0.39 is 28.7 Å². The molecule has 1 atom stereocenters. The third kappa shape index (κ3) is 3.62. The van der Waals surface area contributed by atoms with Crippen molar-refractivity contribution in [1.82, 2.24) is 4.90 Å². The third-order valence-corrected chi connectivity index (χ3v) is 4.46. The molecule has 0 bridgehead atoms. The number of hydrogen-bond donors (Lipinski definition) is 1. The van der Waals surface area contributed by atoms with Crippen LogP contribution in [0.5, 0.6) is 0 Å². The van der Waals surface area contributed by atoms with Gasteiger partial charge in [0.25, 0.3) is 17.5 Å². The van der Waals surface area contributed by atoms with Crippen LogP contribution >= 0.6 is 0 Å². The van der Waals surface area contributed by atoms with Crippen LogP contribution in [0, 0.1) is 16.0 Å². The Morgan fingerprint density at radius 1 is 1.07 bits per heavy atom. The zero-order valence-corrected chi connectivity index (χ0v) is 15.4. The number of benzene rings is 2. The first-order valence-corrected chi connectivity index (χ1v) is 8.82. The first-order valence-electron chi connectivity index (χ1n) is 8.82. The molecular weight excluding hydrogens is 362 g/mol. The van der Waals surface area contributed by atoms with Gasteiger partial charge >= 0.3 is 0 Å². The standard InChI is InChI=1S/C20H19N3O5/c1-12(2)10-17(18(24)21-13-6-5-7-14(11-13)23(27)28)22-19(25)15-8-3-4-9-16(15)20(22)26/h3-9,11-12,17H,10H2,1-2H3,(H,21,24)/t17-/m0/s1. The first kappa shape index (κ1) is 19.2. The molecule has 0 spiro atoms. The van der Waals surface area contributed by atoms with Gasteiger partial charge in [0.1, 0.15) is 6.04 Å². The van der Waals surface area contributed by atoms with E-state index in [1.54, 1.807) is 24.3 Å². The maximum absolute atomic E-state index is 12.9. The first-order chi connectivity index (χ1) is 13.3. The molecule has 2 aromatic carbocycles. The fourth-order valence-electron chi connectivity index (χ4n) is 3.19. The quantitative estimate of drug-likeness (QED) is 0.469. The highest BCUT2D eigenvalue weighted by Crippen LogP contribution is 2.28. The summed E-state index contributed by atoms with van der Waals surface area (Å²) in [6.07, 6.45) is 0.270. The van der Waals surface area contributed by atoms with Crippen LogP contribution < -0.4 is 5.32 Å². The molecule has 3 amide bonds. The number of non-ortho nitro benzene ring substituents is 1. The van der Waals surface area contributed by atoms with E-state index >= 15 is 0 Å². The lowest BCUT2D eigenvalue weighted by atomic mass is 10.0. The number of hydrogen-bond acceptors (Lipinski definition) is 5. The second-order valence-electron chi connectivity index (χ2n) is 6.97. The molecule has 0 aliphatic carbocycles. The van der Waals surface area contributed by atoms with Crippen molar-refractivity contribution in [2.45, 2.75) is 26.3 Å². The number of imide groups is 1. The smallest absolute Gasteiger partial charge is 0.271 e. The molecule has 144 valence electrons. The summed E-state index contributed by atoms with van der Waals surface area (Å²) in [7, 11) is 0. The third-order valence-electron chi connectivity index (χ3n) is 4.46. The van der Waals surface area contributed by atoms with Crippen molar-refractivity contribution < 1.29 is 19.3 Å². The largest absolute Gasteiger partial charge is 0.324 e. The van der Waals surface area contributed by atoms with Crippen molar-refractivity contribution in [3.63, 3.8) is 0 Å². The van der Waals surface area contributed by atoms with Crippen LogP contribution in [-0.4, -0.2) is 33.6 Å². The summed E-state index contributed by atoms with van der Waals surface area (Å²) in [5.41, 5.74) is 0.595. The minimum Gasteiger partial charge on any atom is -0.324 e. The lowest BCUT2D eigenvalue weighted by Crippen LogP contribution is -2.47. The lowest BCUT2D eigenvalue weighted by Gasteiger charge is -2.26. The van der Waals surface area contributed by atoms with Gasteiger partial charge in [-0.25, -0.2) is 0 Å². The van der Waals surface area contributed by atoms with Gasteiger partial charge in [-0.05, 0) is 30.5 Å². The van der Waals surface area contributed by atoms with Crippen LogP contribution in [-0.2, 0) is 4.79 Å². The second kappa shape index (κ2) is 7.59. The zero-order chi connectivity index (χ0) is 20.4. The molecule has 1 aliphatic rings. The summed E-state index contributed by atoms with van der Waals surface area (Å²) in [5.74, 6) is -1.56. The lowest BCUT2D eigenvalue weighted by molar-refractivity contribution is -0.384. The van der Waals surface area contributed by atoms with Gasteiger partial charge in [0.2, 0.25) is 5.91 Å². The Morgan fingerprint density at radius 2 is 1.68 bits per heavy atom. The maximum atomic E-state index is 12.9. The number of carbonyl (C=O) groups excluding carboxylic acids is 3. The highest BCUT2D eigenvalue weighted by molar-refractivity contribution is 6.23. The molecule has 0 radical (unpaired) electrons. The fraction of sp³-hybridized carbons (Fsp3) is 0.250. The van der Waals surface area contributed by atoms with E-state index in [9.17, 15) is 24.5 Å². The predicted molar refractivity (Wildman–Crippen MR) is 102 cm³/mol. The Hall–Kier alpha value is -3.55. The Kier molecular flexibility index (Phi) is 5.21. The van der Waals surface area contributed by atoms with Gasteiger partial charge in [-0.2, -0.15) is 0 Å². The van der Waals surface area contributed by atoms with Crippen molar-refractivity contribution in [3.8, 4) is 0 Å². The van der Waals surface area contributed by atoms with Gasteiger partial charge in [0.15, 0.2) is 0 Å². The van der Waals surface area contributed by atoms with Crippen molar-refractivity contribution >= 4 is 29.1 Å². The van der Waals surface area contributed by atoms with E-state index in [4.69, 9.17) is 0 Å². The number of rotatable bonds is 6. The molecular formula is C20H19N3O5. The summed E-state index contributed by atoms with van der Waals surface area (Å²) >= 11 is 0. The van der Waals surface area contributed by atoms with E-state index in [1.807, 2.05) is 13.8 Å². The number of fused-ring (bicyclic) bond motifs is 1. The predicted octanol–water partition coefficient (Wildman–Crippen LogP) is 3.24. The molecule has 2 aromatic rings. The molecule has 0 saturated carbocycles. The molecule has 8 nitrogen and oxygen atoms in total. The Bertz CT molecular complexity index is 935. The van der Waals surface area contributed by atoms with Crippen molar-refractivity contribution in [2.75, 3.05) is 5.32 Å². The van der Waals surface area contributed by atoms with E-state index in [0.29, 0.717) is 0 Å². The number of nitrogens with zero attached hydrogens (tertiary/aromatic N) is 2. The summed E-state index contributed by atoms with van der Waals surface area (Å²) < 4.78 is 0. The summed E-state index contributed by atoms with van der Waals surface area (Å²) in [6.45, 7) is 3.76. The Balaban J connectivity index is 1.90. The number of nitro benzene ring substituents is 1. The Morgan fingerprint density at radius 3 is 2.21 bits per heavy atom. The van der Waals surface area contributed by atoms with Crippen molar-refractivity contribution in [2.24, 2.45) is 5.92 Å². The molecule has 1 heterocycles. The average molecular weight is 381 g/mol. The highest BCUT2D eigenvalue weighted by atomic mass is 16.6. The van der Waals surface area contributed by atoms with E-state index in [-0.39, 0.29) is 34.8 Å². The SMILES string of the molecule is CC(C)C[C@@H](C(=O)Nc1cccc([N+](=O)[O-])c1)N1C(=O)c2ccccc2C1=O. The van der Waals surface area contributed by atoms with Gasteiger partial charge in [-0.15, -0.1) is 0 Å². The Labute approximate surface area is 161 Å². The van der Waals surface area contributed by atoms with E-state index in [0.717, 1.165) is 4.90 Å². The zero-order valence-electron chi connectivity index (χ0n) is 15.4. The molecule has 1 N–H and O–H groups in total. The molecule has 28 heavy (non-hydrogen) atoms. The van der Waals surface area contributed by atoms with Crippen LogP contribution in [0.1, 0.15) is 41.0 Å². The van der Waals surface area contributed by atoms with Crippen LogP contribution in [0.4, 0.5) is 11.4 Å². The van der Waals surface area contributed by atoms with Gasteiger partial charge in [0.05, 0.1) is 16.1 Å². The van der Waals surface area contributed by atoms with Gasteiger partial charge in [-0.3, -0.25) is 29.4 Å². The second-order valence-corrected chi connectivity index (χ2v) is 6.97. The average Bonchev–Trinajstić information content (AvgIpc) is 2.91. The van der Waals surface area contributed by atoms with Crippen LogP contribution in [0.3, 0.4) is 0 Å². The number of anilines is 1. The molecule has 8 heteroatoms. The van der Waals surface area contributed by atoms with Crippen LogP contribution in [0.15, 0.2) is 48.5 Å². The summed E-state index contributed by atoms with van der Waals surface area (Å²) in [4.78, 5) is 49.8. The normalized spacial score (nSPS) is 14.2. The fourth-order valence-corrected chi connectivity index (χ4v) is 3.19. The topological polar surface area (TPSA) is 110 Å². The highest BCUT2D eigenvalue weighted by Gasteiger charge is 2.42. The molecule has 0 aromatic heterocycles.